The van der Waals surface area contributed by atoms with Crippen LogP contribution < -0.4 is 10.2 Å². The number of anilines is 2. The number of hydrogen-bond acceptors (Lipinski definition) is 2. The summed E-state index contributed by atoms with van der Waals surface area (Å²) in [6.07, 6.45) is 0. The lowest BCUT2D eigenvalue weighted by Crippen LogP contribution is -2.37. The molecule has 1 aliphatic rings. The first-order valence-electron chi connectivity index (χ1n) is 7.82. The van der Waals surface area contributed by atoms with Crippen LogP contribution >= 0.6 is 0 Å². The van der Waals surface area contributed by atoms with E-state index in [1.807, 2.05) is 0 Å². The highest BCUT2D eigenvalue weighted by Gasteiger charge is 2.30. The molecule has 2 aromatic rings. The van der Waals surface area contributed by atoms with Crippen LogP contribution in [0, 0.1) is 18.6 Å². The smallest absolute Gasteiger partial charge is 0.324 e. The Bertz CT molecular complexity index is 808. The lowest BCUT2D eigenvalue weighted by Gasteiger charge is -2.18. The van der Waals surface area contributed by atoms with Gasteiger partial charge in [0.15, 0.2) is 0 Å². The quantitative estimate of drug-likeness (QED) is 0.925. The number of nitrogens with one attached hydrogen (secondary N) is 1. The van der Waals surface area contributed by atoms with Gasteiger partial charge in [0, 0.05) is 24.5 Å². The van der Waals surface area contributed by atoms with E-state index in [9.17, 15) is 18.4 Å². The van der Waals surface area contributed by atoms with Gasteiger partial charge in [-0.1, -0.05) is 6.07 Å². The van der Waals surface area contributed by atoms with Crippen molar-refractivity contribution >= 4 is 23.3 Å². The highest BCUT2D eigenvalue weighted by Crippen LogP contribution is 2.20. The fourth-order valence-corrected chi connectivity index (χ4v) is 2.63. The molecule has 2 aromatic carbocycles. The van der Waals surface area contributed by atoms with E-state index in [-0.39, 0.29) is 18.4 Å². The van der Waals surface area contributed by atoms with Crippen LogP contribution in [0.3, 0.4) is 0 Å². The first-order chi connectivity index (χ1) is 11.9. The number of amides is 3. The topological polar surface area (TPSA) is 52.7 Å². The Hall–Kier alpha value is -2.96. The van der Waals surface area contributed by atoms with Gasteiger partial charge in [0.2, 0.25) is 5.91 Å². The minimum absolute atomic E-state index is 0.133. The Balaban J connectivity index is 1.61. The Morgan fingerprint density at radius 3 is 2.52 bits per heavy atom. The van der Waals surface area contributed by atoms with E-state index < -0.39 is 11.7 Å². The zero-order valence-electron chi connectivity index (χ0n) is 13.6. The number of benzene rings is 2. The molecule has 1 heterocycles. The fraction of sp³-hybridized carbons (Fsp3) is 0.222. The van der Waals surface area contributed by atoms with Gasteiger partial charge in [-0.2, -0.15) is 0 Å². The monoisotopic (exact) mass is 345 g/mol. The van der Waals surface area contributed by atoms with E-state index in [2.05, 4.69) is 5.32 Å². The summed E-state index contributed by atoms with van der Waals surface area (Å²) in [5.74, 6) is -1.19. The molecule has 3 amide bonds. The SMILES string of the molecule is Cc1ccc(NC(=O)CN2CCN(c3ccc(F)cc3)C2=O)cc1F. The van der Waals surface area contributed by atoms with Gasteiger partial charge >= 0.3 is 6.03 Å². The molecule has 0 bridgehead atoms. The average molecular weight is 345 g/mol. The van der Waals surface area contributed by atoms with Crippen LogP contribution in [0.15, 0.2) is 42.5 Å². The predicted molar refractivity (Wildman–Crippen MR) is 90.5 cm³/mol. The molecule has 25 heavy (non-hydrogen) atoms. The maximum Gasteiger partial charge on any atom is 0.325 e. The number of carbonyl (C=O) groups is 2. The van der Waals surface area contributed by atoms with Crippen molar-refractivity contribution in [1.29, 1.82) is 0 Å². The van der Waals surface area contributed by atoms with Crippen LogP contribution in [0.2, 0.25) is 0 Å². The number of aryl methyl sites for hydroxylation is 1. The zero-order valence-corrected chi connectivity index (χ0v) is 13.6. The molecule has 0 unspecified atom stereocenters. The molecule has 0 saturated carbocycles. The Kier molecular flexibility index (Phi) is 4.65. The molecule has 1 N–H and O–H groups in total. The normalized spacial score (nSPS) is 14.1. The average Bonchev–Trinajstić information content (AvgIpc) is 2.93. The molecule has 1 aliphatic heterocycles. The van der Waals surface area contributed by atoms with E-state index >= 15 is 0 Å². The molecule has 3 rings (SSSR count). The third-order valence-electron chi connectivity index (χ3n) is 4.02. The maximum absolute atomic E-state index is 13.5. The van der Waals surface area contributed by atoms with Gasteiger partial charge in [0.1, 0.15) is 18.2 Å². The second-order valence-electron chi connectivity index (χ2n) is 5.84. The minimum atomic E-state index is -0.405. The van der Waals surface area contributed by atoms with Crippen LogP contribution in [-0.2, 0) is 4.79 Å². The fourth-order valence-electron chi connectivity index (χ4n) is 2.63. The highest BCUT2D eigenvalue weighted by molar-refractivity contribution is 5.99. The number of carbonyl (C=O) groups excluding carboxylic acids is 2. The summed E-state index contributed by atoms with van der Waals surface area (Å²) < 4.78 is 26.5. The summed E-state index contributed by atoms with van der Waals surface area (Å²) in [7, 11) is 0. The number of hydrogen-bond donors (Lipinski definition) is 1. The lowest BCUT2D eigenvalue weighted by molar-refractivity contribution is -0.116. The largest absolute Gasteiger partial charge is 0.325 e. The molecule has 5 nitrogen and oxygen atoms in total. The van der Waals surface area contributed by atoms with E-state index in [0.29, 0.717) is 30.0 Å². The first-order valence-corrected chi connectivity index (χ1v) is 7.82. The highest BCUT2D eigenvalue weighted by atomic mass is 19.1. The van der Waals surface area contributed by atoms with Gasteiger partial charge in [0.05, 0.1) is 0 Å². The van der Waals surface area contributed by atoms with E-state index in [4.69, 9.17) is 0 Å². The predicted octanol–water partition coefficient (Wildman–Crippen LogP) is 3.15. The Labute approximate surface area is 143 Å². The van der Waals surface area contributed by atoms with E-state index in [0.717, 1.165) is 0 Å². The summed E-state index contributed by atoms with van der Waals surface area (Å²) in [6.45, 7) is 2.29. The zero-order chi connectivity index (χ0) is 18.0. The van der Waals surface area contributed by atoms with Crippen molar-refractivity contribution in [2.45, 2.75) is 6.92 Å². The van der Waals surface area contributed by atoms with Crippen LogP contribution in [0.4, 0.5) is 25.0 Å². The van der Waals surface area contributed by atoms with Gasteiger partial charge in [-0.15, -0.1) is 0 Å². The minimum Gasteiger partial charge on any atom is -0.324 e. The van der Waals surface area contributed by atoms with Crippen molar-refractivity contribution < 1.29 is 18.4 Å². The molecule has 0 spiro atoms. The molecular weight excluding hydrogens is 328 g/mol. The van der Waals surface area contributed by atoms with Gasteiger partial charge < -0.3 is 10.2 Å². The van der Waals surface area contributed by atoms with E-state index in [1.54, 1.807) is 19.1 Å². The second kappa shape index (κ2) is 6.88. The van der Waals surface area contributed by atoms with Crippen LogP contribution in [0.5, 0.6) is 0 Å². The summed E-state index contributed by atoms with van der Waals surface area (Å²) in [4.78, 5) is 27.4. The van der Waals surface area contributed by atoms with Crippen LogP contribution in [0.1, 0.15) is 5.56 Å². The van der Waals surface area contributed by atoms with Crippen molar-refractivity contribution in [3.63, 3.8) is 0 Å². The van der Waals surface area contributed by atoms with Crippen LogP contribution in [-0.4, -0.2) is 36.5 Å². The van der Waals surface area contributed by atoms with Gasteiger partial charge in [-0.05, 0) is 48.9 Å². The summed E-state index contributed by atoms with van der Waals surface area (Å²) in [5.41, 5.74) is 1.41. The van der Waals surface area contributed by atoms with E-state index in [1.165, 1.54) is 40.1 Å². The number of rotatable bonds is 4. The molecule has 130 valence electrons. The third kappa shape index (κ3) is 3.76. The third-order valence-corrected chi connectivity index (χ3v) is 4.02. The second-order valence-corrected chi connectivity index (χ2v) is 5.84. The van der Waals surface area contributed by atoms with Crippen molar-refractivity contribution in [2.75, 3.05) is 29.9 Å². The number of urea groups is 1. The molecule has 0 aromatic heterocycles. The maximum atomic E-state index is 13.5. The standard InChI is InChI=1S/C18H17F2N3O2/c1-12-2-5-14(10-16(12)20)21-17(24)11-22-8-9-23(18(22)25)15-6-3-13(19)4-7-15/h2-7,10H,8-9,11H2,1H3,(H,21,24). The van der Waals surface area contributed by atoms with Crippen molar-refractivity contribution in [2.24, 2.45) is 0 Å². The molecule has 0 aliphatic carbocycles. The van der Waals surface area contributed by atoms with Crippen LogP contribution in [0.25, 0.3) is 0 Å². The summed E-state index contributed by atoms with van der Waals surface area (Å²) in [5, 5.41) is 2.58. The number of nitrogens with zero attached hydrogens (tertiary/aromatic N) is 2. The summed E-state index contributed by atoms with van der Waals surface area (Å²) >= 11 is 0. The first kappa shape index (κ1) is 16.9. The van der Waals surface area contributed by atoms with Gasteiger partial charge in [-0.25, -0.2) is 13.6 Å². The van der Waals surface area contributed by atoms with Gasteiger partial charge in [-0.3, -0.25) is 9.69 Å². The van der Waals surface area contributed by atoms with Crippen molar-refractivity contribution in [3.8, 4) is 0 Å². The van der Waals surface area contributed by atoms with Crippen molar-refractivity contribution in [3.05, 3.63) is 59.7 Å². The molecule has 7 heteroatoms. The lowest BCUT2D eigenvalue weighted by atomic mass is 10.2. The van der Waals surface area contributed by atoms with Crippen molar-refractivity contribution in [1.82, 2.24) is 4.90 Å². The molecule has 0 atom stereocenters. The molecular formula is C18H17F2N3O2. The Morgan fingerprint density at radius 2 is 1.84 bits per heavy atom. The molecule has 1 fully saturated rings. The summed E-state index contributed by atoms with van der Waals surface area (Å²) in [6, 6.07) is 9.70. The Morgan fingerprint density at radius 1 is 1.12 bits per heavy atom. The number of halogens is 2. The molecule has 1 saturated heterocycles. The molecule has 0 radical (unpaired) electrons. The van der Waals surface area contributed by atoms with Gasteiger partial charge in [0.25, 0.3) is 0 Å².